The van der Waals surface area contributed by atoms with Gasteiger partial charge in [-0.05, 0) is 44.9 Å². The van der Waals surface area contributed by atoms with Gasteiger partial charge in [0.1, 0.15) is 30.5 Å². The molecule has 9 heteroatoms. The van der Waals surface area contributed by atoms with Gasteiger partial charge in [0.2, 0.25) is 0 Å². The summed E-state index contributed by atoms with van der Waals surface area (Å²) in [6.45, 7) is 4.54. The number of aliphatic hydroxyl groups excluding tert-OH is 4. The molecule has 53 heavy (non-hydrogen) atoms. The number of aliphatic hydroxyl groups is 4. The second-order valence-electron chi connectivity index (χ2n) is 15.1. The van der Waals surface area contributed by atoms with Crippen LogP contribution in [0, 0.1) is 0 Å². The van der Waals surface area contributed by atoms with Crippen molar-refractivity contribution in [1.82, 2.24) is 0 Å². The highest BCUT2D eigenvalue weighted by atomic mass is 16.7. The SMILES string of the molecule is CCCCCC/C=C\C/C=C\CCCCCCCC(=O)OC(COCCCCCCCCCCCCCCCC)COC1OC(CO)C(O)C(O)C1O. The molecule has 1 rings (SSSR count). The van der Waals surface area contributed by atoms with E-state index in [-0.39, 0.29) is 19.2 Å². The maximum Gasteiger partial charge on any atom is 0.306 e. The molecule has 0 spiro atoms. The van der Waals surface area contributed by atoms with Gasteiger partial charge in [0.05, 0.1) is 19.8 Å². The van der Waals surface area contributed by atoms with Crippen molar-refractivity contribution in [3.05, 3.63) is 24.3 Å². The van der Waals surface area contributed by atoms with Crippen LogP contribution in [0.2, 0.25) is 0 Å². The molecule has 0 aromatic heterocycles. The Labute approximate surface area is 324 Å². The van der Waals surface area contributed by atoms with Gasteiger partial charge in [-0.3, -0.25) is 4.79 Å². The van der Waals surface area contributed by atoms with Gasteiger partial charge < -0.3 is 39.4 Å². The fourth-order valence-corrected chi connectivity index (χ4v) is 6.64. The van der Waals surface area contributed by atoms with Crippen LogP contribution in [-0.2, 0) is 23.7 Å². The summed E-state index contributed by atoms with van der Waals surface area (Å²) in [6.07, 6.45) is 33.4. The van der Waals surface area contributed by atoms with Crippen LogP contribution in [0.4, 0.5) is 0 Å². The average molecular weight is 755 g/mol. The Morgan fingerprint density at radius 2 is 1.09 bits per heavy atom. The van der Waals surface area contributed by atoms with E-state index in [1.165, 1.54) is 109 Å². The van der Waals surface area contributed by atoms with E-state index in [1.54, 1.807) is 0 Å². The zero-order chi connectivity index (χ0) is 38.6. The molecule has 0 radical (unpaired) electrons. The second-order valence-corrected chi connectivity index (χ2v) is 15.1. The molecule has 1 aliphatic heterocycles. The van der Waals surface area contributed by atoms with Crippen LogP contribution in [0.5, 0.6) is 0 Å². The van der Waals surface area contributed by atoms with Crippen LogP contribution in [0.3, 0.4) is 0 Å². The van der Waals surface area contributed by atoms with Crippen LogP contribution in [0.25, 0.3) is 0 Å². The summed E-state index contributed by atoms with van der Waals surface area (Å²) in [5, 5.41) is 40.1. The Balaban J connectivity index is 2.29. The fourth-order valence-electron chi connectivity index (χ4n) is 6.64. The van der Waals surface area contributed by atoms with Crippen molar-refractivity contribution < 1.29 is 44.2 Å². The van der Waals surface area contributed by atoms with Gasteiger partial charge in [0, 0.05) is 13.0 Å². The zero-order valence-corrected chi connectivity index (χ0v) is 34.0. The van der Waals surface area contributed by atoms with Gasteiger partial charge in [-0.15, -0.1) is 0 Å². The molecule has 0 bridgehead atoms. The highest BCUT2D eigenvalue weighted by Crippen LogP contribution is 2.22. The molecule has 6 atom stereocenters. The van der Waals surface area contributed by atoms with E-state index in [2.05, 4.69) is 38.2 Å². The molecule has 312 valence electrons. The molecule has 1 saturated heterocycles. The largest absolute Gasteiger partial charge is 0.457 e. The first-order chi connectivity index (χ1) is 25.9. The first-order valence-corrected chi connectivity index (χ1v) is 21.9. The van der Waals surface area contributed by atoms with Gasteiger partial charge in [0.15, 0.2) is 6.29 Å². The topological polar surface area (TPSA) is 135 Å². The molecule has 4 N–H and O–H groups in total. The third-order valence-electron chi connectivity index (χ3n) is 10.1. The van der Waals surface area contributed by atoms with E-state index < -0.39 is 43.4 Å². The highest BCUT2D eigenvalue weighted by Gasteiger charge is 2.44. The number of rotatable bonds is 37. The maximum atomic E-state index is 12.7. The number of allylic oxidation sites excluding steroid dienone is 4. The van der Waals surface area contributed by atoms with E-state index >= 15 is 0 Å². The smallest absolute Gasteiger partial charge is 0.306 e. The number of unbranched alkanes of at least 4 members (excludes halogenated alkanes) is 22. The van der Waals surface area contributed by atoms with Crippen molar-refractivity contribution >= 4 is 5.97 Å². The monoisotopic (exact) mass is 755 g/mol. The summed E-state index contributed by atoms with van der Waals surface area (Å²) in [6, 6.07) is 0. The van der Waals surface area contributed by atoms with E-state index in [1.807, 2.05) is 0 Å². The first-order valence-electron chi connectivity index (χ1n) is 21.9. The van der Waals surface area contributed by atoms with Gasteiger partial charge in [-0.25, -0.2) is 0 Å². The molecule has 0 aliphatic carbocycles. The number of hydrogen-bond donors (Lipinski definition) is 4. The van der Waals surface area contributed by atoms with Crippen molar-refractivity contribution in [2.24, 2.45) is 0 Å². The normalized spacial score (nSPS) is 21.2. The van der Waals surface area contributed by atoms with Crippen LogP contribution < -0.4 is 0 Å². The molecule has 1 fully saturated rings. The quantitative estimate of drug-likeness (QED) is 0.0278. The van der Waals surface area contributed by atoms with Crippen molar-refractivity contribution in [1.29, 1.82) is 0 Å². The molecule has 1 aliphatic rings. The number of carbonyl (C=O) groups is 1. The lowest BCUT2D eigenvalue weighted by molar-refractivity contribution is -0.305. The third kappa shape index (κ3) is 27.8. The average Bonchev–Trinajstić information content (AvgIpc) is 3.16. The van der Waals surface area contributed by atoms with Crippen LogP contribution >= 0.6 is 0 Å². The molecule has 0 saturated carbocycles. The summed E-state index contributed by atoms with van der Waals surface area (Å²) in [4.78, 5) is 12.7. The van der Waals surface area contributed by atoms with Gasteiger partial charge in [0.25, 0.3) is 0 Å². The molecule has 9 nitrogen and oxygen atoms in total. The lowest BCUT2D eigenvalue weighted by atomic mass is 9.99. The number of hydrogen-bond acceptors (Lipinski definition) is 9. The van der Waals surface area contributed by atoms with Crippen molar-refractivity contribution in [2.75, 3.05) is 26.4 Å². The fraction of sp³-hybridized carbons (Fsp3) is 0.886. The summed E-state index contributed by atoms with van der Waals surface area (Å²) >= 11 is 0. The molecule has 1 heterocycles. The van der Waals surface area contributed by atoms with Gasteiger partial charge in [-0.1, -0.05) is 160 Å². The molecule has 0 amide bonds. The summed E-state index contributed by atoms with van der Waals surface area (Å²) < 4.78 is 22.8. The predicted molar refractivity (Wildman–Crippen MR) is 215 cm³/mol. The Bertz CT molecular complexity index is 864. The summed E-state index contributed by atoms with van der Waals surface area (Å²) in [5.74, 6) is -0.325. The Kier molecular flexibility index (Phi) is 34.0. The molecule has 0 aromatic carbocycles. The zero-order valence-electron chi connectivity index (χ0n) is 34.0. The van der Waals surface area contributed by atoms with Crippen LogP contribution in [-0.4, -0.2) is 89.6 Å². The van der Waals surface area contributed by atoms with E-state index in [0.717, 1.165) is 57.8 Å². The Hall–Kier alpha value is -1.33. The van der Waals surface area contributed by atoms with Crippen molar-refractivity contribution in [3.8, 4) is 0 Å². The molecular weight excluding hydrogens is 672 g/mol. The Morgan fingerprint density at radius 3 is 1.64 bits per heavy atom. The van der Waals surface area contributed by atoms with Crippen molar-refractivity contribution in [2.45, 2.75) is 224 Å². The minimum atomic E-state index is -1.54. The number of carbonyl (C=O) groups excluding carboxylic acids is 1. The minimum absolute atomic E-state index is 0.116. The summed E-state index contributed by atoms with van der Waals surface area (Å²) in [7, 11) is 0. The number of esters is 1. The lowest BCUT2D eigenvalue weighted by Crippen LogP contribution is -2.59. The van der Waals surface area contributed by atoms with E-state index in [0.29, 0.717) is 13.0 Å². The molecular formula is C44H82O9. The predicted octanol–water partition coefficient (Wildman–Crippen LogP) is 9.42. The van der Waals surface area contributed by atoms with Crippen molar-refractivity contribution in [3.63, 3.8) is 0 Å². The van der Waals surface area contributed by atoms with Crippen LogP contribution in [0.1, 0.15) is 187 Å². The maximum absolute atomic E-state index is 12.7. The van der Waals surface area contributed by atoms with Gasteiger partial charge in [-0.2, -0.15) is 0 Å². The minimum Gasteiger partial charge on any atom is -0.457 e. The standard InChI is InChI=1S/C44H82O9/c1-3-5-7-9-11-13-15-17-19-20-21-23-25-27-29-31-33-40(46)52-38(37-51-44-43(49)42(48)41(47)39(35-45)53-44)36-50-34-32-30-28-26-24-22-18-16-14-12-10-8-6-4-2/h13,15,19-20,38-39,41-45,47-49H,3-12,14,16-18,21-37H2,1-2H3/b15-13-,20-19-. The van der Waals surface area contributed by atoms with E-state index in [9.17, 15) is 25.2 Å². The first kappa shape index (κ1) is 49.7. The Morgan fingerprint density at radius 1 is 0.604 bits per heavy atom. The van der Waals surface area contributed by atoms with Gasteiger partial charge >= 0.3 is 5.97 Å². The lowest BCUT2D eigenvalue weighted by Gasteiger charge is -2.39. The second kappa shape index (κ2) is 36.3. The highest BCUT2D eigenvalue weighted by molar-refractivity contribution is 5.69. The van der Waals surface area contributed by atoms with E-state index in [4.69, 9.17) is 18.9 Å². The summed E-state index contributed by atoms with van der Waals surface area (Å²) in [5.41, 5.74) is 0. The molecule has 0 aromatic rings. The van der Waals surface area contributed by atoms with Crippen LogP contribution in [0.15, 0.2) is 24.3 Å². The number of ether oxygens (including phenoxy) is 4. The third-order valence-corrected chi connectivity index (χ3v) is 10.1. The molecule has 6 unspecified atom stereocenters.